The number of aryl methyl sites for hydroxylation is 1. The number of amides is 4. The number of thiazole rings is 1. The highest BCUT2D eigenvalue weighted by molar-refractivity contribution is 7.91. The van der Waals surface area contributed by atoms with Gasteiger partial charge in [0.25, 0.3) is 11.9 Å². The minimum atomic E-state index is -4.01. The summed E-state index contributed by atoms with van der Waals surface area (Å²) in [7, 11) is -4.01. The maximum atomic E-state index is 14.8. The number of imidazole rings is 1. The Morgan fingerprint density at radius 3 is 2.53 bits per heavy atom. The third-order valence-electron chi connectivity index (χ3n) is 12.7. The van der Waals surface area contributed by atoms with Crippen LogP contribution in [-0.2, 0) is 29.1 Å². The largest absolute Gasteiger partial charge is 0.459 e. The predicted octanol–water partition coefficient (Wildman–Crippen LogP) is 7.35. The number of nitrogens with zero attached hydrogens (tertiary/aromatic N) is 4. The molecule has 2 saturated carbocycles. The van der Waals surface area contributed by atoms with Gasteiger partial charge in [0, 0.05) is 34.9 Å². The van der Waals surface area contributed by atoms with E-state index in [4.69, 9.17) is 19.4 Å². The minimum absolute atomic E-state index is 0.0286. The van der Waals surface area contributed by atoms with Crippen LogP contribution in [0.3, 0.4) is 0 Å². The fourth-order valence-electron chi connectivity index (χ4n) is 8.73. The van der Waals surface area contributed by atoms with Gasteiger partial charge in [-0.2, -0.15) is 4.98 Å². The number of aromatic nitrogens is 3. The van der Waals surface area contributed by atoms with Crippen LogP contribution in [0.2, 0.25) is 0 Å². The molecule has 4 aliphatic rings. The van der Waals surface area contributed by atoms with Crippen LogP contribution in [0.5, 0.6) is 6.01 Å². The van der Waals surface area contributed by atoms with E-state index in [-0.39, 0.29) is 25.4 Å². The molecule has 2 aliphatic heterocycles. The van der Waals surface area contributed by atoms with Crippen molar-refractivity contribution in [3.05, 3.63) is 65.6 Å². The van der Waals surface area contributed by atoms with Gasteiger partial charge in [0.2, 0.25) is 21.8 Å². The molecule has 2 aromatic heterocycles. The molecule has 0 bridgehead atoms. The highest BCUT2D eigenvalue weighted by atomic mass is 32.2. The highest BCUT2D eigenvalue weighted by Crippen LogP contribution is 2.48. The fraction of sp³-hybridized carbons (Fsp3) is 0.532. The molecule has 2 aromatic carbocycles. The summed E-state index contributed by atoms with van der Waals surface area (Å²) in [5, 5.41) is 8.55. The molecule has 64 heavy (non-hydrogen) atoms. The first-order valence-electron chi connectivity index (χ1n) is 22.3. The fourth-order valence-corrected chi connectivity index (χ4v) is 10.9. The number of para-hydroxylation sites is 1. The summed E-state index contributed by atoms with van der Waals surface area (Å²) >= 11 is 1.53. The van der Waals surface area contributed by atoms with E-state index in [1.807, 2.05) is 79.3 Å². The molecule has 4 heterocycles. The Balaban J connectivity index is 1.12. The average Bonchev–Trinajstić information content (AvgIpc) is 3.89. The number of fused-ring (bicyclic) bond motifs is 3. The van der Waals surface area contributed by atoms with Crippen molar-refractivity contribution in [2.45, 2.75) is 146 Å². The van der Waals surface area contributed by atoms with Crippen LogP contribution in [-0.4, -0.2) is 92.3 Å². The molecule has 17 heteroatoms. The van der Waals surface area contributed by atoms with Crippen molar-refractivity contribution in [3.8, 4) is 27.8 Å². The second kappa shape index (κ2) is 17.3. The Morgan fingerprint density at radius 2 is 1.81 bits per heavy atom. The lowest BCUT2D eigenvalue weighted by Crippen LogP contribution is -2.58. The van der Waals surface area contributed by atoms with E-state index in [2.05, 4.69) is 21.4 Å². The van der Waals surface area contributed by atoms with Gasteiger partial charge >= 0.3 is 6.09 Å². The molecule has 0 unspecified atom stereocenters. The summed E-state index contributed by atoms with van der Waals surface area (Å²) in [5.74, 6) is -2.37. The monoisotopic (exact) mass is 913 g/mol. The first-order valence-corrected chi connectivity index (χ1v) is 24.7. The van der Waals surface area contributed by atoms with Crippen molar-refractivity contribution in [2.75, 3.05) is 6.54 Å². The summed E-state index contributed by atoms with van der Waals surface area (Å²) in [4.78, 5) is 68.2. The van der Waals surface area contributed by atoms with E-state index in [1.165, 1.54) is 16.2 Å². The maximum Gasteiger partial charge on any atom is 0.408 e. The van der Waals surface area contributed by atoms with E-state index in [1.54, 1.807) is 27.7 Å². The van der Waals surface area contributed by atoms with E-state index >= 15 is 0 Å². The number of allylic oxidation sites excluding steroid dienone is 1. The van der Waals surface area contributed by atoms with Crippen molar-refractivity contribution in [1.82, 2.24) is 34.8 Å². The number of alkyl carbamates (subject to hydrolysis) is 1. The lowest BCUT2D eigenvalue weighted by atomic mass is 10.0. The highest BCUT2D eigenvalue weighted by Gasteiger charge is 2.63. The normalized spacial score (nSPS) is 25.3. The zero-order valence-electron chi connectivity index (χ0n) is 37.6. The summed E-state index contributed by atoms with van der Waals surface area (Å²) in [6.07, 6.45) is 6.58. The molecule has 3 fully saturated rings. The summed E-state index contributed by atoms with van der Waals surface area (Å²) in [6, 6.07) is 12.2. The van der Waals surface area contributed by atoms with Crippen LogP contribution in [0.4, 0.5) is 4.79 Å². The average molecular weight is 914 g/mol. The lowest BCUT2D eigenvalue weighted by molar-refractivity contribution is -0.141. The van der Waals surface area contributed by atoms with Gasteiger partial charge < -0.3 is 25.0 Å². The van der Waals surface area contributed by atoms with E-state index in [0.717, 1.165) is 45.8 Å². The molecule has 4 amide bonds. The van der Waals surface area contributed by atoms with Crippen molar-refractivity contribution in [2.24, 2.45) is 5.92 Å². The molecule has 2 aliphatic carbocycles. The Bertz CT molecular complexity index is 2610. The number of carbonyl (C=O) groups is 4. The second-order valence-electron chi connectivity index (χ2n) is 19.3. The summed E-state index contributed by atoms with van der Waals surface area (Å²) < 4.78 is 42.1. The summed E-state index contributed by atoms with van der Waals surface area (Å²) in [6.45, 7) is 12.9. The number of nitrogens with one attached hydrogen (secondary N) is 3. The molecule has 4 aromatic rings. The van der Waals surface area contributed by atoms with Gasteiger partial charge in [-0.05, 0) is 105 Å². The first kappa shape index (κ1) is 45.3. The zero-order chi connectivity index (χ0) is 45.8. The minimum Gasteiger partial charge on any atom is -0.459 e. The Kier molecular flexibility index (Phi) is 12.2. The molecule has 15 nitrogen and oxygen atoms in total. The van der Waals surface area contributed by atoms with E-state index < -0.39 is 73.8 Å². The van der Waals surface area contributed by atoms with Crippen LogP contribution in [0.25, 0.3) is 32.9 Å². The molecule has 342 valence electrons. The SMILES string of the molecule is Cc1cccc(-c2csc(-c3cccc4c3nc(O[C@@H]3C[C@H]5C(=O)N[C@]6(C(=O)NS(=O)(=O)C7(C)CC7)C[C@H]6/C=C\CCCCC[C@H](NC(=O)OC(C)(C)C)C(=O)N5C3)n4C(C)C)n2)c1. The van der Waals surface area contributed by atoms with Crippen LogP contribution >= 0.6 is 11.3 Å². The van der Waals surface area contributed by atoms with Gasteiger partial charge in [-0.1, -0.05) is 54.8 Å². The lowest BCUT2D eigenvalue weighted by Gasteiger charge is -2.30. The number of hydrogen-bond acceptors (Lipinski definition) is 11. The van der Waals surface area contributed by atoms with Gasteiger partial charge in [0.1, 0.15) is 39.9 Å². The Morgan fingerprint density at radius 1 is 1.05 bits per heavy atom. The van der Waals surface area contributed by atoms with Crippen LogP contribution in [0.15, 0.2) is 60.0 Å². The third kappa shape index (κ3) is 9.28. The van der Waals surface area contributed by atoms with Crippen LogP contribution in [0.1, 0.15) is 111 Å². The summed E-state index contributed by atoms with van der Waals surface area (Å²) in [5.41, 5.74) is 3.03. The zero-order valence-corrected chi connectivity index (χ0v) is 39.2. The number of hydrogen-bond donors (Lipinski definition) is 3. The molecule has 0 radical (unpaired) electrons. The third-order valence-corrected chi connectivity index (χ3v) is 15.7. The predicted molar refractivity (Wildman–Crippen MR) is 245 cm³/mol. The molecular weight excluding hydrogens is 855 g/mol. The number of rotatable bonds is 9. The van der Waals surface area contributed by atoms with Gasteiger partial charge in [-0.3, -0.25) is 23.7 Å². The van der Waals surface area contributed by atoms with Crippen molar-refractivity contribution < 1.29 is 37.1 Å². The number of ether oxygens (including phenoxy) is 2. The van der Waals surface area contributed by atoms with Gasteiger partial charge in [-0.25, -0.2) is 18.2 Å². The smallest absolute Gasteiger partial charge is 0.408 e. The molecule has 0 spiro atoms. The first-order chi connectivity index (χ1) is 30.3. The van der Waals surface area contributed by atoms with Gasteiger partial charge in [0.05, 0.1) is 22.5 Å². The standard InChI is InChI=1S/C47H59N7O8S2/c1-28(2)54-36-20-14-18-33(40-48-35(27-63-40)30-16-13-15-29(3)23-30)38(36)50-43(54)61-32-24-37-39(55)51-47(42(57)52-64(59,60)46(7)21-22-46)25-31(47)17-11-9-8-10-12-19-34(41(56)53(37)26-32)49-44(58)62-45(4,5)6/h11,13-18,20,23,27-28,31-32,34,37H,8-10,12,19,21-22,24-26H2,1-7H3,(H,49,58)(H,51,55)(H,52,57)/b17-11-/t31-,32-,34+,37+,47-/m1/s1. The van der Waals surface area contributed by atoms with Crippen molar-refractivity contribution in [1.29, 1.82) is 0 Å². The Hall–Kier alpha value is -5.29. The molecule has 8 rings (SSSR count). The second-order valence-corrected chi connectivity index (χ2v) is 22.4. The van der Waals surface area contributed by atoms with Crippen LogP contribution < -0.4 is 20.1 Å². The molecular formula is C47H59N7O8S2. The molecule has 3 N–H and O–H groups in total. The van der Waals surface area contributed by atoms with Gasteiger partial charge in [-0.15, -0.1) is 11.3 Å². The number of sulfonamides is 1. The maximum absolute atomic E-state index is 14.8. The van der Waals surface area contributed by atoms with Crippen molar-refractivity contribution >= 4 is 56.2 Å². The number of benzene rings is 2. The topological polar surface area (TPSA) is 191 Å². The van der Waals surface area contributed by atoms with E-state index in [9.17, 15) is 27.6 Å². The van der Waals surface area contributed by atoms with E-state index in [0.29, 0.717) is 43.6 Å². The quantitative estimate of drug-likeness (QED) is 0.143. The molecule has 5 atom stereocenters. The van der Waals surface area contributed by atoms with Crippen LogP contribution in [0, 0.1) is 12.8 Å². The Labute approximate surface area is 378 Å². The van der Waals surface area contributed by atoms with Gasteiger partial charge in [0.15, 0.2) is 0 Å². The number of carbonyl (C=O) groups excluding carboxylic acids is 4. The van der Waals surface area contributed by atoms with Crippen molar-refractivity contribution in [3.63, 3.8) is 0 Å². The molecule has 1 saturated heterocycles.